The summed E-state index contributed by atoms with van der Waals surface area (Å²) >= 11 is 6.46. The third-order valence-electron chi connectivity index (χ3n) is 4.40. The molecule has 0 spiro atoms. The number of rotatable bonds is 4. The normalized spacial score (nSPS) is 17.1. The molecule has 2 aliphatic rings. The molecule has 0 amide bonds. The van der Waals surface area contributed by atoms with Gasteiger partial charge in [-0.3, -0.25) is 0 Å². The van der Waals surface area contributed by atoms with Gasteiger partial charge in [-0.05, 0) is 41.7 Å². The maximum atomic E-state index is 6.46. The minimum absolute atomic E-state index is 0.717. The highest BCUT2D eigenvalue weighted by molar-refractivity contribution is 6.31. The van der Waals surface area contributed by atoms with E-state index in [1.54, 1.807) is 0 Å². The van der Waals surface area contributed by atoms with E-state index in [4.69, 9.17) is 11.6 Å². The van der Waals surface area contributed by atoms with E-state index in [2.05, 4.69) is 52.7 Å². The average Bonchev–Trinajstić information content (AvgIpc) is 3.22. The SMILES string of the molecule is Clc1cc(N2Cc3ccccc3C2)ccc1CNC1CC1. The molecule has 0 saturated heterocycles. The van der Waals surface area contributed by atoms with E-state index >= 15 is 0 Å². The van der Waals surface area contributed by atoms with E-state index in [9.17, 15) is 0 Å². The molecule has 2 nitrogen and oxygen atoms in total. The molecular weight excluding hydrogens is 280 g/mol. The molecule has 2 aromatic carbocycles. The topological polar surface area (TPSA) is 15.3 Å². The summed E-state index contributed by atoms with van der Waals surface area (Å²) in [6, 6.07) is 15.8. The fourth-order valence-corrected chi connectivity index (χ4v) is 3.18. The van der Waals surface area contributed by atoms with Crippen molar-refractivity contribution in [3.05, 3.63) is 64.2 Å². The lowest BCUT2D eigenvalue weighted by Gasteiger charge is -2.19. The fraction of sp³-hybridized carbons (Fsp3) is 0.333. The van der Waals surface area contributed by atoms with E-state index in [1.165, 1.54) is 35.2 Å². The monoisotopic (exact) mass is 298 g/mol. The molecule has 0 radical (unpaired) electrons. The minimum Gasteiger partial charge on any atom is -0.363 e. The molecule has 1 aliphatic carbocycles. The fourth-order valence-electron chi connectivity index (χ4n) is 2.93. The van der Waals surface area contributed by atoms with Crippen molar-refractivity contribution in [2.75, 3.05) is 4.90 Å². The Morgan fingerprint density at radius 1 is 1.05 bits per heavy atom. The van der Waals surface area contributed by atoms with E-state index in [1.807, 2.05) is 0 Å². The molecule has 0 bridgehead atoms. The summed E-state index contributed by atoms with van der Waals surface area (Å²) < 4.78 is 0. The van der Waals surface area contributed by atoms with Gasteiger partial charge in [0.25, 0.3) is 0 Å². The van der Waals surface area contributed by atoms with Crippen LogP contribution in [0.15, 0.2) is 42.5 Å². The Balaban J connectivity index is 1.50. The quantitative estimate of drug-likeness (QED) is 0.914. The van der Waals surface area contributed by atoms with Crippen LogP contribution in [0.2, 0.25) is 5.02 Å². The Morgan fingerprint density at radius 3 is 2.38 bits per heavy atom. The summed E-state index contributed by atoms with van der Waals surface area (Å²) in [6.45, 7) is 2.84. The van der Waals surface area contributed by atoms with Crippen molar-refractivity contribution in [3.63, 3.8) is 0 Å². The van der Waals surface area contributed by atoms with Gasteiger partial charge in [0.05, 0.1) is 0 Å². The third kappa shape index (κ3) is 2.78. The second-order valence-electron chi connectivity index (χ2n) is 6.06. The minimum atomic E-state index is 0.717. The number of nitrogens with zero attached hydrogens (tertiary/aromatic N) is 1. The average molecular weight is 299 g/mol. The molecule has 0 atom stereocenters. The van der Waals surface area contributed by atoms with Gasteiger partial charge in [-0.2, -0.15) is 0 Å². The van der Waals surface area contributed by atoms with Gasteiger partial charge in [-0.1, -0.05) is 41.9 Å². The van der Waals surface area contributed by atoms with Crippen molar-refractivity contribution in [2.24, 2.45) is 0 Å². The summed E-state index contributed by atoms with van der Waals surface area (Å²) in [5.41, 5.74) is 5.26. The Kier molecular flexibility index (Phi) is 3.36. The van der Waals surface area contributed by atoms with Gasteiger partial charge < -0.3 is 10.2 Å². The van der Waals surface area contributed by atoms with Crippen molar-refractivity contribution >= 4 is 17.3 Å². The molecule has 3 heteroatoms. The smallest absolute Gasteiger partial charge is 0.0471 e. The zero-order valence-electron chi connectivity index (χ0n) is 12.0. The van der Waals surface area contributed by atoms with Gasteiger partial charge in [-0.25, -0.2) is 0 Å². The van der Waals surface area contributed by atoms with Gasteiger partial charge in [0.2, 0.25) is 0 Å². The van der Waals surface area contributed by atoms with Crippen LogP contribution in [0.1, 0.15) is 29.5 Å². The standard InChI is InChI=1S/C18H19ClN2/c19-18-9-17(8-5-13(18)10-20-16-6-7-16)21-11-14-3-1-2-4-15(14)12-21/h1-5,8-9,16,20H,6-7,10-12H2. The summed E-state index contributed by atoms with van der Waals surface area (Å²) in [4.78, 5) is 2.38. The zero-order valence-corrected chi connectivity index (χ0v) is 12.7. The second-order valence-corrected chi connectivity index (χ2v) is 6.46. The summed E-state index contributed by atoms with van der Waals surface area (Å²) in [6.07, 6.45) is 2.61. The van der Waals surface area contributed by atoms with Gasteiger partial charge >= 0.3 is 0 Å². The Morgan fingerprint density at radius 2 is 1.76 bits per heavy atom. The largest absolute Gasteiger partial charge is 0.363 e. The van der Waals surface area contributed by atoms with Crippen molar-refractivity contribution < 1.29 is 0 Å². The van der Waals surface area contributed by atoms with Crippen LogP contribution < -0.4 is 10.2 Å². The van der Waals surface area contributed by atoms with Gasteiger partial charge in [0.1, 0.15) is 0 Å². The molecule has 0 unspecified atom stereocenters. The summed E-state index contributed by atoms with van der Waals surface area (Å²) in [5, 5.41) is 4.39. The van der Waals surface area contributed by atoms with Crippen LogP contribution >= 0.6 is 11.6 Å². The number of halogens is 1. The first-order valence-electron chi connectivity index (χ1n) is 7.63. The van der Waals surface area contributed by atoms with Crippen LogP contribution in [0.4, 0.5) is 5.69 Å². The van der Waals surface area contributed by atoms with Crippen molar-refractivity contribution in [1.82, 2.24) is 5.32 Å². The lowest BCUT2D eigenvalue weighted by molar-refractivity contribution is 0.688. The molecule has 1 fully saturated rings. The van der Waals surface area contributed by atoms with Crippen LogP contribution in [-0.4, -0.2) is 6.04 Å². The first kappa shape index (κ1) is 13.2. The van der Waals surface area contributed by atoms with Gasteiger partial charge in [-0.15, -0.1) is 0 Å². The summed E-state index contributed by atoms with van der Waals surface area (Å²) in [5.74, 6) is 0. The van der Waals surface area contributed by atoms with Crippen LogP contribution in [0.25, 0.3) is 0 Å². The van der Waals surface area contributed by atoms with Gasteiger partial charge in [0.15, 0.2) is 0 Å². The van der Waals surface area contributed by atoms with Crippen LogP contribution in [0, 0.1) is 0 Å². The van der Waals surface area contributed by atoms with E-state index < -0.39 is 0 Å². The summed E-state index contributed by atoms with van der Waals surface area (Å²) in [7, 11) is 0. The molecule has 21 heavy (non-hydrogen) atoms. The molecule has 1 aliphatic heterocycles. The van der Waals surface area contributed by atoms with Crippen LogP contribution in [0.3, 0.4) is 0 Å². The predicted octanol–water partition coefficient (Wildman–Crippen LogP) is 4.11. The molecule has 0 aromatic heterocycles. The second kappa shape index (κ2) is 5.36. The maximum Gasteiger partial charge on any atom is 0.0471 e. The van der Waals surface area contributed by atoms with E-state index in [0.717, 1.165) is 24.7 Å². The molecule has 4 rings (SSSR count). The maximum absolute atomic E-state index is 6.46. The molecular formula is C18H19ClN2. The number of benzene rings is 2. The van der Waals surface area contributed by atoms with Crippen molar-refractivity contribution in [3.8, 4) is 0 Å². The highest BCUT2D eigenvalue weighted by atomic mass is 35.5. The lowest BCUT2D eigenvalue weighted by Crippen LogP contribution is -2.17. The Labute approximate surface area is 130 Å². The molecule has 1 heterocycles. The Bertz CT molecular complexity index is 639. The zero-order chi connectivity index (χ0) is 14.2. The van der Waals surface area contributed by atoms with Crippen molar-refractivity contribution in [1.29, 1.82) is 0 Å². The van der Waals surface area contributed by atoms with Crippen LogP contribution in [0.5, 0.6) is 0 Å². The molecule has 108 valence electrons. The number of hydrogen-bond acceptors (Lipinski definition) is 2. The molecule has 2 aromatic rings. The highest BCUT2D eigenvalue weighted by Crippen LogP contribution is 2.31. The number of nitrogens with one attached hydrogen (secondary N) is 1. The number of anilines is 1. The first-order chi connectivity index (χ1) is 10.3. The van der Waals surface area contributed by atoms with Crippen molar-refractivity contribution in [2.45, 2.75) is 38.5 Å². The number of hydrogen-bond donors (Lipinski definition) is 1. The van der Waals surface area contributed by atoms with Gasteiger partial charge in [0, 0.05) is 36.4 Å². The first-order valence-corrected chi connectivity index (χ1v) is 8.01. The van der Waals surface area contributed by atoms with Crippen LogP contribution in [-0.2, 0) is 19.6 Å². The molecule has 1 saturated carbocycles. The third-order valence-corrected chi connectivity index (χ3v) is 4.75. The van der Waals surface area contributed by atoms with E-state index in [0.29, 0.717) is 6.04 Å². The Hall–Kier alpha value is -1.51. The predicted molar refractivity (Wildman–Crippen MR) is 87.6 cm³/mol. The van der Waals surface area contributed by atoms with E-state index in [-0.39, 0.29) is 0 Å². The highest BCUT2D eigenvalue weighted by Gasteiger charge is 2.21. The number of fused-ring (bicyclic) bond motifs is 1. The lowest BCUT2D eigenvalue weighted by atomic mass is 10.1. The molecule has 1 N–H and O–H groups in total.